The van der Waals surface area contributed by atoms with Crippen molar-refractivity contribution in [3.8, 4) is 17.2 Å². The van der Waals surface area contributed by atoms with Gasteiger partial charge in [0.05, 0.1) is 22.7 Å². The number of rotatable bonds is 12. The number of carbonyl (C=O) groups is 1. The van der Waals surface area contributed by atoms with Crippen molar-refractivity contribution in [1.29, 1.82) is 0 Å². The summed E-state index contributed by atoms with van der Waals surface area (Å²) in [7, 11) is -4.24. The number of ether oxygens (including phenoxy) is 3. The second-order valence-electron chi connectivity index (χ2n) is 18.3. The molecule has 5 aromatic rings. The summed E-state index contributed by atoms with van der Waals surface area (Å²) in [5.74, 6) is 0.965. The maximum Gasteiger partial charge on any atom is 0.268 e. The Morgan fingerprint density at radius 3 is 2.48 bits per heavy atom. The van der Waals surface area contributed by atoms with Crippen LogP contribution in [0.4, 0.5) is 5.69 Å². The van der Waals surface area contributed by atoms with E-state index in [4.69, 9.17) is 25.8 Å². The zero-order valence-electron chi connectivity index (χ0n) is 35.9. The average Bonchev–Trinajstić information content (AvgIpc) is 3.69. The molecule has 3 heterocycles. The Hall–Kier alpha value is -4.81. The third-order valence-electron chi connectivity index (χ3n) is 12.5. The number of aromatic nitrogens is 1. The van der Waals surface area contributed by atoms with Crippen LogP contribution in [0.15, 0.2) is 102 Å². The van der Waals surface area contributed by atoms with Crippen LogP contribution >= 0.6 is 11.6 Å². The number of carbonyl (C=O) groups excluding carboxylic acids is 1. The summed E-state index contributed by atoms with van der Waals surface area (Å²) in [4.78, 5) is 22.0. The van der Waals surface area contributed by atoms with Gasteiger partial charge in [-0.3, -0.25) is 9.69 Å². The summed E-state index contributed by atoms with van der Waals surface area (Å²) in [6.45, 7) is 16.1. The molecule has 322 valence electrons. The molecular weight excluding hydrogens is 808 g/mol. The van der Waals surface area contributed by atoms with E-state index in [2.05, 4.69) is 59.3 Å². The number of H-pyrrole nitrogens is 1. The number of anilines is 1. The van der Waals surface area contributed by atoms with Crippen LogP contribution in [0, 0.1) is 18.3 Å². The second kappa shape index (κ2) is 17.5. The molecule has 1 atom stereocenters. The van der Waals surface area contributed by atoms with E-state index in [1.165, 1.54) is 28.8 Å². The van der Waals surface area contributed by atoms with Gasteiger partial charge in [-0.1, -0.05) is 43.2 Å². The highest BCUT2D eigenvalue weighted by Crippen LogP contribution is 2.43. The molecule has 2 fully saturated rings. The quantitative estimate of drug-likeness (QED) is 0.128. The van der Waals surface area contributed by atoms with Gasteiger partial charge >= 0.3 is 0 Å². The molecule has 10 nitrogen and oxygen atoms in total. The Morgan fingerprint density at radius 1 is 0.934 bits per heavy atom. The van der Waals surface area contributed by atoms with Gasteiger partial charge < -0.3 is 24.1 Å². The predicted octanol–water partition coefficient (Wildman–Crippen LogP) is 10.4. The predicted molar refractivity (Wildman–Crippen MR) is 244 cm³/mol. The lowest BCUT2D eigenvalue weighted by molar-refractivity contribution is -0.0785. The molecule has 0 radical (unpaired) electrons. The van der Waals surface area contributed by atoms with Gasteiger partial charge in [0.1, 0.15) is 17.2 Å². The molecule has 2 aliphatic heterocycles. The van der Waals surface area contributed by atoms with Crippen LogP contribution in [-0.2, 0) is 14.8 Å². The minimum atomic E-state index is -4.24. The summed E-state index contributed by atoms with van der Waals surface area (Å²) >= 11 is 6.25. The number of fused-ring (bicyclic) bond motifs is 1. The van der Waals surface area contributed by atoms with Crippen molar-refractivity contribution in [2.45, 2.75) is 77.2 Å². The number of hydrogen-bond donors (Lipinski definition) is 2. The first-order valence-corrected chi connectivity index (χ1v) is 23.2. The van der Waals surface area contributed by atoms with Crippen LogP contribution in [-0.4, -0.2) is 75.7 Å². The van der Waals surface area contributed by atoms with Gasteiger partial charge in [-0.05, 0) is 148 Å². The highest BCUT2D eigenvalue weighted by Gasteiger charge is 2.31. The highest BCUT2D eigenvalue weighted by atomic mass is 35.5. The molecule has 1 unspecified atom stereocenters. The maximum atomic E-state index is 14.0. The molecule has 61 heavy (non-hydrogen) atoms. The third-order valence-corrected chi connectivity index (χ3v) is 14.0. The summed E-state index contributed by atoms with van der Waals surface area (Å²) in [6, 6.07) is 25.9. The lowest BCUT2D eigenvalue weighted by Crippen LogP contribution is -2.47. The van der Waals surface area contributed by atoms with E-state index in [0.717, 1.165) is 86.4 Å². The summed E-state index contributed by atoms with van der Waals surface area (Å²) < 4.78 is 48.2. The fraction of sp³-hybridized carbons (Fsp3) is 0.408. The van der Waals surface area contributed by atoms with Crippen molar-refractivity contribution in [1.82, 2.24) is 14.6 Å². The second-order valence-corrected chi connectivity index (χ2v) is 20.5. The third kappa shape index (κ3) is 10.3. The van der Waals surface area contributed by atoms with Crippen LogP contribution in [0.25, 0.3) is 16.5 Å². The van der Waals surface area contributed by atoms with E-state index < -0.39 is 15.9 Å². The lowest BCUT2D eigenvalue weighted by Gasteiger charge is -2.39. The molecule has 2 N–H and O–H groups in total. The Labute approximate surface area is 365 Å². The van der Waals surface area contributed by atoms with Gasteiger partial charge in [0.15, 0.2) is 0 Å². The highest BCUT2D eigenvalue weighted by molar-refractivity contribution is 7.90. The maximum absolute atomic E-state index is 14.0. The Morgan fingerprint density at radius 2 is 1.72 bits per heavy atom. The minimum absolute atomic E-state index is 0.0271. The molecule has 1 aromatic heterocycles. The van der Waals surface area contributed by atoms with Gasteiger partial charge in [0.25, 0.3) is 15.9 Å². The van der Waals surface area contributed by atoms with E-state index in [0.29, 0.717) is 36.2 Å². The van der Waals surface area contributed by atoms with E-state index in [-0.39, 0.29) is 27.2 Å². The zero-order chi connectivity index (χ0) is 42.9. The smallest absolute Gasteiger partial charge is 0.268 e. The largest absolute Gasteiger partial charge is 0.493 e. The Bertz CT molecular complexity index is 2540. The first-order chi connectivity index (χ1) is 29.1. The van der Waals surface area contributed by atoms with Crippen molar-refractivity contribution < 1.29 is 27.4 Å². The molecule has 2 saturated heterocycles. The van der Waals surface area contributed by atoms with E-state index in [9.17, 15) is 13.2 Å². The van der Waals surface area contributed by atoms with Crippen molar-refractivity contribution in [3.05, 3.63) is 118 Å². The molecule has 1 amide bonds. The molecular formula is C49H57ClN4O6S. The number of amides is 1. The van der Waals surface area contributed by atoms with Crippen molar-refractivity contribution >= 4 is 49.7 Å². The van der Waals surface area contributed by atoms with Crippen LogP contribution < -0.4 is 19.1 Å². The zero-order valence-corrected chi connectivity index (χ0v) is 37.4. The van der Waals surface area contributed by atoms with Crippen LogP contribution in [0.1, 0.15) is 81.3 Å². The molecule has 12 heteroatoms. The summed E-state index contributed by atoms with van der Waals surface area (Å²) in [5.41, 5.74) is 6.89. The molecule has 0 spiro atoms. The SMILES string of the molecule is Cc1cc(S(=O)(=O)NC(=O)c2ccc(N3CCN(CC4=C(c5ccc(Cl)cc5)CC(C)(C)CC4)CC3)cc2Oc2ccc3[nH]ccc3c2)ccc1OCC1CCOC(C)(C)C1. The van der Waals surface area contributed by atoms with Crippen molar-refractivity contribution in [3.63, 3.8) is 0 Å². The van der Waals surface area contributed by atoms with E-state index in [1.807, 2.05) is 61.7 Å². The van der Waals surface area contributed by atoms with Gasteiger partial charge in [-0.25, -0.2) is 13.1 Å². The van der Waals surface area contributed by atoms with Gasteiger partial charge in [0, 0.05) is 73.2 Å². The number of piperazine rings is 1. The van der Waals surface area contributed by atoms with E-state index in [1.54, 1.807) is 12.1 Å². The van der Waals surface area contributed by atoms with Gasteiger partial charge in [-0.2, -0.15) is 0 Å². The van der Waals surface area contributed by atoms with Crippen LogP contribution in [0.3, 0.4) is 0 Å². The number of hydrogen-bond acceptors (Lipinski definition) is 8. The first kappa shape index (κ1) is 42.9. The monoisotopic (exact) mass is 864 g/mol. The fourth-order valence-corrected chi connectivity index (χ4v) is 10.2. The van der Waals surface area contributed by atoms with Crippen molar-refractivity contribution in [2.75, 3.05) is 50.8 Å². The number of sulfonamides is 1. The topological polar surface area (TPSA) is 113 Å². The fourth-order valence-electron chi connectivity index (χ4n) is 8.99. The number of nitrogens with one attached hydrogen (secondary N) is 2. The lowest BCUT2D eigenvalue weighted by atomic mass is 9.72. The molecule has 0 saturated carbocycles. The van der Waals surface area contributed by atoms with Crippen molar-refractivity contribution in [2.24, 2.45) is 11.3 Å². The standard InChI is InChI=1S/C49H57ClN4O6S/c1-33-26-41(12-15-45(33)58-32-34-18-25-59-49(4,5)29-34)61(56,57)52-47(55)42-13-10-39(28-46(42)60-40-11-14-44-36(27-40)17-20-51-44)54-23-21-53(22-24-54)31-37-16-19-48(2,3)30-43(37)35-6-8-38(50)9-7-35/h6-15,17,20,26-28,34,51H,16,18-19,21-25,29-32H2,1-5H3,(H,52,55). The normalized spacial score (nSPS) is 19.5. The molecule has 4 aromatic carbocycles. The molecule has 0 bridgehead atoms. The average molecular weight is 866 g/mol. The Balaban J connectivity index is 0.979. The Kier molecular flexibility index (Phi) is 12.3. The molecule has 8 rings (SSSR count). The van der Waals surface area contributed by atoms with Crippen LogP contribution in [0.2, 0.25) is 5.02 Å². The number of allylic oxidation sites excluding steroid dienone is 1. The number of benzene rings is 4. The number of nitrogens with zero attached hydrogens (tertiary/aromatic N) is 2. The number of aromatic amines is 1. The molecule has 3 aliphatic rings. The van der Waals surface area contributed by atoms with Gasteiger partial charge in [-0.15, -0.1) is 0 Å². The van der Waals surface area contributed by atoms with Crippen LogP contribution in [0.5, 0.6) is 17.2 Å². The molecule has 1 aliphatic carbocycles. The van der Waals surface area contributed by atoms with Gasteiger partial charge in [0.2, 0.25) is 0 Å². The first-order valence-electron chi connectivity index (χ1n) is 21.4. The number of aryl methyl sites for hydroxylation is 1. The summed E-state index contributed by atoms with van der Waals surface area (Å²) in [6.07, 6.45) is 6.94. The number of halogens is 1. The summed E-state index contributed by atoms with van der Waals surface area (Å²) in [5, 5.41) is 1.70. The van der Waals surface area contributed by atoms with E-state index >= 15 is 0 Å². The minimum Gasteiger partial charge on any atom is -0.493 e.